The first-order valence-corrected chi connectivity index (χ1v) is 19.1. The van der Waals surface area contributed by atoms with Gasteiger partial charge >= 0.3 is 0 Å². The summed E-state index contributed by atoms with van der Waals surface area (Å²) in [5.74, 6) is 0.956. The molecule has 0 unspecified atom stereocenters. The van der Waals surface area contributed by atoms with Crippen molar-refractivity contribution in [1.82, 2.24) is 26.1 Å². The van der Waals surface area contributed by atoms with E-state index >= 15 is 0 Å². The Bertz CT molecular complexity index is 2020. The van der Waals surface area contributed by atoms with Crippen LogP contribution in [-0.2, 0) is 43.3 Å². The number of rotatable bonds is 24. The quantitative estimate of drug-likeness (QED) is 0.0372. The third kappa shape index (κ3) is 13.2. The number of fused-ring (bicyclic) bond motifs is 3. The third-order valence-electron chi connectivity index (χ3n) is 9.12. The number of anilines is 1. The van der Waals surface area contributed by atoms with Crippen LogP contribution in [-0.4, -0.2) is 88.2 Å². The van der Waals surface area contributed by atoms with E-state index in [-0.39, 0.29) is 18.4 Å². The Morgan fingerprint density at radius 1 is 0.750 bits per heavy atom. The number of aromatic nitrogens is 2. The molecule has 2 amide bonds. The van der Waals surface area contributed by atoms with Crippen LogP contribution in [0.4, 0.5) is 5.82 Å². The fraction of sp³-hybridized carbons (Fsp3) is 0.395. The lowest BCUT2D eigenvalue weighted by atomic mass is 9.99. The SMILES string of the molecule is CNOCC(=O)NCCCOCCOCCOCCCNC(=O)c1ccc(COc2ccc(CCc3cnc4c(N)nc5cc(C)ccc5c4c3)c(C)c2)cc1. The summed E-state index contributed by atoms with van der Waals surface area (Å²) in [5.41, 5.74) is 16.6. The number of pyridine rings is 2. The maximum atomic E-state index is 12.6. The van der Waals surface area contributed by atoms with Crippen LogP contribution in [0.25, 0.3) is 21.8 Å². The molecular formula is C43H54N6O7. The summed E-state index contributed by atoms with van der Waals surface area (Å²) in [7, 11) is 1.60. The predicted molar refractivity (Wildman–Crippen MR) is 218 cm³/mol. The number of nitrogen functional groups attached to an aromatic ring is 1. The number of benzene rings is 3. The number of nitrogens with zero attached hydrogens (tertiary/aromatic N) is 2. The summed E-state index contributed by atoms with van der Waals surface area (Å²) in [4.78, 5) is 38.0. The van der Waals surface area contributed by atoms with E-state index in [9.17, 15) is 9.59 Å². The molecule has 0 fully saturated rings. The number of hydroxylamine groups is 1. The highest BCUT2D eigenvalue weighted by Crippen LogP contribution is 2.28. The number of nitrogens with two attached hydrogens (primary N) is 1. The summed E-state index contributed by atoms with van der Waals surface area (Å²) in [6, 6.07) is 22.1. The molecular weight excluding hydrogens is 713 g/mol. The summed E-state index contributed by atoms with van der Waals surface area (Å²) in [6.45, 7) is 8.53. The molecule has 56 heavy (non-hydrogen) atoms. The normalized spacial score (nSPS) is 11.3. The molecule has 0 saturated carbocycles. The minimum Gasteiger partial charge on any atom is -0.489 e. The molecule has 0 spiro atoms. The first-order chi connectivity index (χ1) is 27.3. The van der Waals surface area contributed by atoms with Crippen LogP contribution in [0.3, 0.4) is 0 Å². The zero-order chi connectivity index (χ0) is 39.5. The lowest BCUT2D eigenvalue weighted by Gasteiger charge is -2.12. The third-order valence-corrected chi connectivity index (χ3v) is 9.12. The molecule has 13 heteroatoms. The van der Waals surface area contributed by atoms with Crippen LogP contribution < -0.4 is 26.6 Å². The van der Waals surface area contributed by atoms with Gasteiger partial charge < -0.3 is 35.3 Å². The number of carbonyl (C=O) groups excluding carboxylic acids is 2. The van der Waals surface area contributed by atoms with Crippen LogP contribution in [0, 0.1) is 13.8 Å². The molecule has 2 aromatic heterocycles. The van der Waals surface area contributed by atoms with Gasteiger partial charge in [-0.1, -0.05) is 30.3 Å². The minimum absolute atomic E-state index is 0.0186. The van der Waals surface area contributed by atoms with Crippen molar-refractivity contribution in [2.45, 2.75) is 46.1 Å². The number of nitrogens with one attached hydrogen (secondary N) is 3. The molecule has 0 atom stereocenters. The minimum atomic E-state index is -0.176. The van der Waals surface area contributed by atoms with Crippen LogP contribution in [0.5, 0.6) is 5.75 Å². The van der Waals surface area contributed by atoms with Gasteiger partial charge in [0.2, 0.25) is 5.91 Å². The van der Waals surface area contributed by atoms with Crippen LogP contribution in [0.2, 0.25) is 0 Å². The van der Waals surface area contributed by atoms with Crippen molar-refractivity contribution < 1.29 is 33.4 Å². The monoisotopic (exact) mass is 766 g/mol. The van der Waals surface area contributed by atoms with Gasteiger partial charge in [-0.2, -0.15) is 0 Å². The highest BCUT2D eigenvalue weighted by Gasteiger charge is 2.11. The molecule has 0 radical (unpaired) electrons. The summed E-state index contributed by atoms with van der Waals surface area (Å²) in [6.07, 6.45) is 5.03. The molecule has 13 nitrogen and oxygen atoms in total. The largest absolute Gasteiger partial charge is 0.489 e. The van der Waals surface area contributed by atoms with Crippen molar-refractivity contribution in [1.29, 1.82) is 0 Å². The van der Waals surface area contributed by atoms with E-state index in [1.54, 1.807) is 7.05 Å². The van der Waals surface area contributed by atoms with Crippen LogP contribution in [0.15, 0.2) is 72.9 Å². The fourth-order valence-electron chi connectivity index (χ4n) is 6.05. The number of amides is 2. The van der Waals surface area contributed by atoms with Crippen molar-refractivity contribution in [2.75, 3.05) is 72.1 Å². The van der Waals surface area contributed by atoms with Crippen molar-refractivity contribution in [3.05, 3.63) is 106 Å². The Morgan fingerprint density at radius 3 is 2.18 bits per heavy atom. The molecule has 0 aliphatic carbocycles. The Labute approximate surface area is 328 Å². The molecule has 0 bridgehead atoms. The molecule has 2 heterocycles. The second-order valence-electron chi connectivity index (χ2n) is 13.5. The lowest BCUT2D eigenvalue weighted by molar-refractivity contribution is -0.128. The first-order valence-electron chi connectivity index (χ1n) is 19.1. The average Bonchev–Trinajstić information content (AvgIpc) is 3.20. The average molecular weight is 767 g/mol. The molecule has 5 aromatic rings. The van der Waals surface area contributed by atoms with Gasteiger partial charge in [-0.05, 0) is 104 Å². The van der Waals surface area contributed by atoms with E-state index in [4.69, 9.17) is 29.5 Å². The Kier molecular flexibility index (Phi) is 16.8. The number of hydrogen-bond acceptors (Lipinski definition) is 11. The Balaban J connectivity index is 0.925. The first kappa shape index (κ1) is 42.0. The molecule has 0 aliphatic heterocycles. The van der Waals surface area contributed by atoms with Crippen LogP contribution in [0.1, 0.15) is 51.0 Å². The molecule has 298 valence electrons. The highest BCUT2D eigenvalue weighted by atomic mass is 16.6. The zero-order valence-electron chi connectivity index (χ0n) is 32.7. The van der Waals surface area contributed by atoms with Gasteiger partial charge in [0.15, 0.2) is 5.82 Å². The van der Waals surface area contributed by atoms with Crippen LogP contribution >= 0.6 is 0 Å². The van der Waals surface area contributed by atoms with Gasteiger partial charge in [0.1, 0.15) is 24.5 Å². The van der Waals surface area contributed by atoms with Crippen molar-refractivity contribution in [3.63, 3.8) is 0 Å². The summed E-state index contributed by atoms with van der Waals surface area (Å²) < 4.78 is 22.7. The van der Waals surface area contributed by atoms with Gasteiger partial charge in [0.25, 0.3) is 5.91 Å². The number of aryl methyl sites for hydroxylation is 4. The maximum absolute atomic E-state index is 12.6. The lowest BCUT2D eigenvalue weighted by Crippen LogP contribution is -2.30. The molecule has 0 aliphatic rings. The van der Waals surface area contributed by atoms with Gasteiger partial charge in [-0.3, -0.25) is 19.4 Å². The smallest absolute Gasteiger partial charge is 0.251 e. The number of ether oxygens (including phenoxy) is 4. The molecule has 0 saturated heterocycles. The van der Waals surface area contributed by atoms with Crippen molar-refractivity contribution in [3.8, 4) is 5.75 Å². The number of hydrogen-bond donors (Lipinski definition) is 4. The second-order valence-corrected chi connectivity index (χ2v) is 13.5. The van der Waals surface area contributed by atoms with Crippen molar-refractivity contribution >= 4 is 39.4 Å². The number of carbonyl (C=O) groups is 2. The molecule has 5 N–H and O–H groups in total. The van der Waals surface area contributed by atoms with Gasteiger partial charge in [0, 0.05) is 55.9 Å². The summed E-state index contributed by atoms with van der Waals surface area (Å²) >= 11 is 0. The fourth-order valence-corrected chi connectivity index (χ4v) is 6.05. The Morgan fingerprint density at radius 2 is 1.46 bits per heavy atom. The van der Waals surface area contributed by atoms with E-state index in [2.05, 4.69) is 76.3 Å². The highest BCUT2D eigenvalue weighted by molar-refractivity contribution is 6.08. The summed E-state index contributed by atoms with van der Waals surface area (Å²) in [5, 5.41) is 7.77. The predicted octanol–water partition coefficient (Wildman–Crippen LogP) is 5.17. The molecule has 3 aromatic carbocycles. The van der Waals surface area contributed by atoms with E-state index in [1.807, 2.05) is 36.5 Å². The van der Waals surface area contributed by atoms with E-state index in [1.165, 1.54) is 11.1 Å². The van der Waals surface area contributed by atoms with Gasteiger partial charge in [0.05, 0.1) is 31.9 Å². The molecule has 5 rings (SSSR count). The van der Waals surface area contributed by atoms with Crippen molar-refractivity contribution in [2.24, 2.45) is 0 Å². The zero-order valence-corrected chi connectivity index (χ0v) is 32.7. The second kappa shape index (κ2) is 22.4. The topological polar surface area (TPSA) is 168 Å². The standard InChI is InChI=1S/C43H54N6O7/c1-30-6-15-37-38-26-33(27-48-41(38)42(44)49-39(37)24-30)9-10-34-13-14-36(25-31(34)2)55-28-32-7-11-35(12-8-32)43(51)47-17-5-19-53-21-23-54-22-20-52-18-4-16-46-40(50)29-56-45-3/h6-8,11-15,24-27,45H,4-5,9-10,16-23,28-29H2,1-3H3,(H2,44,49)(H,46,50)(H,47,51). The Hall–Kier alpha value is -5.18. The van der Waals surface area contributed by atoms with Gasteiger partial charge in [-0.15, -0.1) is 0 Å². The van der Waals surface area contributed by atoms with E-state index in [0.29, 0.717) is 83.6 Å². The van der Waals surface area contributed by atoms with Gasteiger partial charge in [-0.25, -0.2) is 10.5 Å². The van der Waals surface area contributed by atoms with E-state index in [0.717, 1.165) is 57.1 Å². The maximum Gasteiger partial charge on any atom is 0.251 e. The van der Waals surface area contributed by atoms with E-state index < -0.39 is 0 Å².